The molecule has 0 saturated heterocycles. The summed E-state index contributed by atoms with van der Waals surface area (Å²) in [6.45, 7) is 0.136. The van der Waals surface area contributed by atoms with Crippen LogP contribution < -0.4 is 15.2 Å². The van der Waals surface area contributed by atoms with E-state index in [2.05, 4.69) is 20.3 Å². The van der Waals surface area contributed by atoms with Gasteiger partial charge in [0, 0.05) is 17.5 Å². The monoisotopic (exact) mass is 437 g/mol. The van der Waals surface area contributed by atoms with Gasteiger partial charge >= 0.3 is 0 Å². The van der Waals surface area contributed by atoms with E-state index in [4.69, 9.17) is 10.5 Å². The summed E-state index contributed by atoms with van der Waals surface area (Å²) in [6.07, 6.45) is 3.64. The molecule has 3 heterocycles. The molecular weight excluding hydrogens is 417 g/mol. The highest BCUT2D eigenvalue weighted by Gasteiger charge is 2.43. The molecule has 11 heteroatoms. The Kier molecular flexibility index (Phi) is 4.63. The second kappa shape index (κ2) is 7.38. The topological polar surface area (TPSA) is 139 Å². The number of rotatable bonds is 5. The summed E-state index contributed by atoms with van der Waals surface area (Å²) in [5.41, 5.74) is 6.49. The van der Waals surface area contributed by atoms with Crippen molar-refractivity contribution in [2.45, 2.75) is 31.4 Å². The van der Waals surface area contributed by atoms with E-state index in [0.717, 1.165) is 11.2 Å². The number of anilines is 1. The highest BCUT2D eigenvalue weighted by molar-refractivity contribution is 5.95. The van der Waals surface area contributed by atoms with Crippen LogP contribution in [0.4, 0.5) is 10.3 Å². The lowest BCUT2D eigenvalue weighted by molar-refractivity contribution is -0.633. The molecule has 0 amide bonds. The predicted molar refractivity (Wildman–Crippen MR) is 112 cm³/mol. The maximum Gasteiger partial charge on any atom is 0.224 e. The van der Waals surface area contributed by atoms with Crippen molar-refractivity contribution in [1.29, 1.82) is 0 Å². The van der Waals surface area contributed by atoms with Crippen molar-refractivity contribution in [1.82, 2.24) is 25.0 Å². The Morgan fingerprint density at radius 2 is 2.09 bits per heavy atom. The summed E-state index contributed by atoms with van der Waals surface area (Å²) in [4.78, 5) is 8.36. The molecular formula is C21H20FN7O3. The van der Waals surface area contributed by atoms with Crippen molar-refractivity contribution < 1.29 is 19.0 Å². The highest BCUT2D eigenvalue weighted by Crippen LogP contribution is 2.39. The van der Waals surface area contributed by atoms with Crippen molar-refractivity contribution in [2.24, 2.45) is 0 Å². The van der Waals surface area contributed by atoms with Crippen molar-refractivity contribution in [3.05, 3.63) is 58.9 Å². The van der Waals surface area contributed by atoms with E-state index in [9.17, 15) is 14.7 Å². The lowest BCUT2D eigenvalue weighted by Crippen LogP contribution is -2.48. The van der Waals surface area contributed by atoms with E-state index in [1.807, 2.05) is 0 Å². The molecule has 1 aromatic carbocycles. The standard InChI is InChI=1S/C21H20FN7O3/c1-32-19-14(22)7-6-13-17(24-20(23)25-18(13)19)15-11-28(27-26-15)10-12-4-2-5-16(29(12)31)21(30)8-3-9-21/h2,4-7,11,30H,3,8-10H2,1H3,(H2,23,24,25). The number of hydrogen-bond acceptors (Lipinski definition) is 8. The molecule has 32 heavy (non-hydrogen) atoms. The fourth-order valence-electron chi connectivity index (χ4n) is 3.97. The van der Waals surface area contributed by atoms with Crippen LogP contribution in [0.25, 0.3) is 22.3 Å². The number of fused-ring (bicyclic) bond motifs is 1. The van der Waals surface area contributed by atoms with Gasteiger partial charge in [0.25, 0.3) is 0 Å². The summed E-state index contributed by atoms with van der Waals surface area (Å²) in [7, 11) is 1.35. The predicted octanol–water partition coefficient (Wildman–Crippen LogP) is 1.67. The van der Waals surface area contributed by atoms with Gasteiger partial charge in [-0.15, -0.1) is 5.10 Å². The minimum atomic E-state index is -1.07. The SMILES string of the molecule is COc1c(F)ccc2c(-c3cn(Cc4cccc(C5(O)CCC5)[n+]4[O-])nn3)nc(N)nc12. The number of nitrogens with zero attached hydrogens (tertiary/aromatic N) is 6. The molecule has 0 aliphatic heterocycles. The van der Waals surface area contributed by atoms with Crippen molar-refractivity contribution >= 4 is 16.9 Å². The van der Waals surface area contributed by atoms with Crippen LogP contribution in [0.1, 0.15) is 30.7 Å². The zero-order valence-electron chi connectivity index (χ0n) is 17.2. The molecule has 1 saturated carbocycles. The Morgan fingerprint density at radius 3 is 2.81 bits per heavy atom. The number of benzene rings is 1. The van der Waals surface area contributed by atoms with E-state index >= 15 is 0 Å². The van der Waals surface area contributed by atoms with Gasteiger partial charge in [-0.1, -0.05) is 5.21 Å². The maximum absolute atomic E-state index is 14.1. The van der Waals surface area contributed by atoms with Crippen LogP contribution in [0.2, 0.25) is 0 Å². The zero-order chi connectivity index (χ0) is 22.5. The minimum absolute atomic E-state index is 0.0385. The van der Waals surface area contributed by atoms with Gasteiger partial charge < -0.3 is 20.8 Å². The second-order valence-corrected chi connectivity index (χ2v) is 7.79. The second-order valence-electron chi connectivity index (χ2n) is 7.79. The zero-order valence-corrected chi connectivity index (χ0v) is 17.2. The van der Waals surface area contributed by atoms with Gasteiger partial charge in [0.15, 0.2) is 11.6 Å². The van der Waals surface area contributed by atoms with E-state index in [-0.39, 0.29) is 23.8 Å². The summed E-state index contributed by atoms with van der Waals surface area (Å²) in [6, 6.07) is 7.84. The molecule has 0 atom stereocenters. The summed E-state index contributed by atoms with van der Waals surface area (Å²) in [5, 5.41) is 32.1. The summed E-state index contributed by atoms with van der Waals surface area (Å²) < 4.78 is 21.5. The van der Waals surface area contributed by atoms with E-state index < -0.39 is 11.4 Å². The molecule has 0 unspecified atom stereocenters. The van der Waals surface area contributed by atoms with Gasteiger partial charge in [-0.2, -0.15) is 4.73 Å². The van der Waals surface area contributed by atoms with Gasteiger partial charge in [0.1, 0.15) is 29.1 Å². The first-order valence-corrected chi connectivity index (χ1v) is 10.0. The molecule has 0 spiro atoms. The smallest absolute Gasteiger partial charge is 0.224 e. The Labute approximate surface area is 181 Å². The Hall–Kier alpha value is -3.86. The van der Waals surface area contributed by atoms with Crippen LogP contribution in [-0.2, 0) is 12.1 Å². The average Bonchev–Trinajstić information content (AvgIpc) is 3.21. The molecule has 3 N–H and O–H groups in total. The average molecular weight is 437 g/mol. The van der Waals surface area contributed by atoms with Crippen LogP contribution in [0.5, 0.6) is 5.75 Å². The van der Waals surface area contributed by atoms with E-state index in [1.165, 1.54) is 23.9 Å². The van der Waals surface area contributed by atoms with Crippen molar-refractivity contribution in [2.75, 3.05) is 12.8 Å². The van der Waals surface area contributed by atoms with Gasteiger partial charge in [-0.3, -0.25) is 0 Å². The Bertz CT molecular complexity index is 1340. The molecule has 4 aromatic rings. The maximum atomic E-state index is 14.1. The Morgan fingerprint density at radius 1 is 1.28 bits per heavy atom. The number of hydrogen-bond donors (Lipinski definition) is 2. The fourth-order valence-corrected chi connectivity index (χ4v) is 3.97. The molecule has 164 valence electrons. The molecule has 1 fully saturated rings. The van der Waals surface area contributed by atoms with Gasteiger partial charge in [-0.25, -0.2) is 19.0 Å². The van der Waals surface area contributed by atoms with Crippen LogP contribution in [0.3, 0.4) is 0 Å². The number of nitrogens with two attached hydrogens (primary N) is 1. The highest BCUT2D eigenvalue weighted by atomic mass is 19.1. The third-order valence-electron chi connectivity index (χ3n) is 5.78. The lowest BCUT2D eigenvalue weighted by atomic mass is 9.77. The third-order valence-corrected chi connectivity index (χ3v) is 5.78. The number of ether oxygens (including phenoxy) is 1. The first kappa shape index (κ1) is 20.1. The van der Waals surface area contributed by atoms with Crippen molar-refractivity contribution in [3.63, 3.8) is 0 Å². The van der Waals surface area contributed by atoms with Crippen LogP contribution in [0, 0.1) is 11.0 Å². The minimum Gasteiger partial charge on any atom is -0.618 e. The lowest BCUT2D eigenvalue weighted by Gasteiger charge is -2.34. The molecule has 5 rings (SSSR count). The number of aromatic nitrogens is 6. The first-order chi connectivity index (χ1) is 15.4. The van der Waals surface area contributed by atoms with Crippen LogP contribution in [0.15, 0.2) is 36.5 Å². The van der Waals surface area contributed by atoms with Gasteiger partial charge in [0.2, 0.25) is 17.3 Å². The van der Waals surface area contributed by atoms with Crippen LogP contribution >= 0.6 is 0 Å². The van der Waals surface area contributed by atoms with Gasteiger partial charge in [0.05, 0.1) is 13.3 Å². The normalized spacial score (nSPS) is 15.0. The number of methoxy groups -OCH3 is 1. The van der Waals surface area contributed by atoms with E-state index in [0.29, 0.717) is 41.0 Å². The molecule has 3 aromatic heterocycles. The molecule has 0 bridgehead atoms. The van der Waals surface area contributed by atoms with Crippen LogP contribution in [-0.4, -0.2) is 37.2 Å². The first-order valence-electron chi connectivity index (χ1n) is 10.0. The molecule has 1 aliphatic rings. The van der Waals surface area contributed by atoms with Crippen molar-refractivity contribution in [3.8, 4) is 17.1 Å². The third kappa shape index (κ3) is 3.17. The molecule has 1 aliphatic carbocycles. The largest absolute Gasteiger partial charge is 0.618 e. The number of aliphatic hydroxyl groups is 1. The number of halogens is 1. The number of nitrogen functional groups attached to an aromatic ring is 1. The quantitative estimate of drug-likeness (QED) is 0.355. The Balaban J connectivity index is 1.52. The fraction of sp³-hybridized carbons (Fsp3) is 0.286. The number of pyridine rings is 1. The summed E-state index contributed by atoms with van der Waals surface area (Å²) >= 11 is 0. The van der Waals surface area contributed by atoms with Gasteiger partial charge in [-0.05, 0) is 37.5 Å². The molecule has 0 radical (unpaired) electrons. The van der Waals surface area contributed by atoms with E-state index in [1.54, 1.807) is 24.4 Å². The molecule has 10 nitrogen and oxygen atoms in total. The summed E-state index contributed by atoms with van der Waals surface area (Å²) in [5.74, 6) is -0.672.